The summed E-state index contributed by atoms with van der Waals surface area (Å²) in [5.74, 6) is -0.241. The second-order valence-electron chi connectivity index (χ2n) is 6.02. The van der Waals surface area contributed by atoms with E-state index >= 15 is 0 Å². The molecule has 0 radical (unpaired) electrons. The minimum atomic E-state index is -0.536. The van der Waals surface area contributed by atoms with Crippen LogP contribution in [0, 0.1) is 12.7 Å². The average Bonchev–Trinajstić information content (AvgIpc) is 2.54. The molecule has 1 N–H and O–H groups in total. The van der Waals surface area contributed by atoms with Crippen molar-refractivity contribution in [2.24, 2.45) is 0 Å². The highest BCUT2D eigenvalue weighted by molar-refractivity contribution is 7.97. The zero-order valence-corrected chi connectivity index (χ0v) is 13.7. The second kappa shape index (κ2) is 5.33. The van der Waals surface area contributed by atoms with Gasteiger partial charge in [-0.1, -0.05) is 0 Å². The van der Waals surface area contributed by atoms with Gasteiger partial charge in [-0.05, 0) is 76.8 Å². The van der Waals surface area contributed by atoms with Crippen LogP contribution in [0.4, 0.5) is 4.39 Å². The predicted molar refractivity (Wildman–Crippen MR) is 81.8 cm³/mol. The van der Waals surface area contributed by atoms with Crippen molar-refractivity contribution < 1.29 is 13.7 Å². The monoisotopic (exact) mass is 297 g/mol. The lowest BCUT2D eigenvalue weighted by atomic mass is 9.78. The summed E-state index contributed by atoms with van der Waals surface area (Å²) < 4.78 is 28.9. The number of hydrogen-bond donors (Lipinski definition) is 1. The van der Waals surface area contributed by atoms with Crippen molar-refractivity contribution in [1.82, 2.24) is 4.72 Å². The summed E-state index contributed by atoms with van der Waals surface area (Å²) in [6.07, 6.45) is 0. The Labute approximate surface area is 124 Å². The molecule has 0 bridgehead atoms. The summed E-state index contributed by atoms with van der Waals surface area (Å²) in [7, 11) is 1.27. The number of rotatable bonds is 3. The fourth-order valence-corrected chi connectivity index (χ4v) is 2.67. The highest BCUT2D eigenvalue weighted by Gasteiger charge is 2.51. The van der Waals surface area contributed by atoms with Crippen LogP contribution in [0.1, 0.15) is 33.3 Å². The van der Waals surface area contributed by atoms with Gasteiger partial charge >= 0.3 is 7.12 Å². The first-order chi connectivity index (χ1) is 9.18. The molecule has 1 saturated heterocycles. The topological polar surface area (TPSA) is 30.5 Å². The molecule has 0 saturated carbocycles. The molecular formula is C14H21BFNO2S. The summed E-state index contributed by atoms with van der Waals surface area (Å²) in [6, 6.07) is 3.42. The van der Waals surface area contributed by atoms with Gasteiger partial charge in [0, 0.05) is 4.90 Å². The maximum atomic E-state index is 14.0. The normalized spacial score (nSPS) is 20.4. The lowest BCUT2D eigenvalue weighted by Gasteiger charge is -2.32. The largest absolute Gasteiger partial charge is 0.494 e. The smallest absolute Gasteiger partial charge is 0.399 e. The molecule has 0 atom stereocenters. The average molecular weight is 297 g/mol. The third-order valence-electron chi connectivity index (χ3n) is 4.06. The van der Waals surface area contributed by atoms with Crippen LogP contribution in [0.2, 0.25) is 0 Å². The molecule has 1 aromatic rings. The van der Waals surface area contributed by atoms with Gasteiger partial charge < -0.3 is 9.31 Å². The lowest BCUT2D eigenvalue weighted by Crippen LogP contribution is -2.41. The van der Waals surface area contributed by atoms with Gasteiger partial charge in [0.1, 0.15) is 5.82 Å². The van der Waals surface area contributed by atoms with Crippen molar-refractivity contribution in [2.75, 3.05) is 7.05 Å². The molecule has 2 rings (SSSR count). The molecule has 20 heavy (non-hydrogen) atoms. The molecule has 0 spiro atoms. The highest BCUT2D eigenvalue weighted by atomic mass is 32.2. The van der Waals surface area contributed by atoms with E-state index in [1.807, 2.05) is 40.8 Å². The first-order valence-electron chi connectivity index (χ1n) is 6.67. The van der Waals surface area contributed by atoms with Crippen molar-refractivity contribution in [3.05, 3.63) is 23.5 Å². The molecule has 1 aliphatic heterocycles. The fourth-order valence-electron chi connectivity index (χ4n) is 2.00. The molecule has 0 aliphatic carbocycles. The van der Waals surface area contributed by atoms with Crippen LogP contribution in [0.5, 0.6) is 0 Å². The summed E-state index contributed by atoms with van der Waals surface area (Å²) in [4.78, 5) is 0.845. The Morgan fingerprint density at radius 2 is 1.70 bits per heavy atom. The van der Waals surface area contributed by atoms with Crippen molar-refractivity contribution in [1.29, 1.82) is 0 Å². The van der Waals surface area contributed by atoms with Crippen molar-refractivity contribution >= 4 is 24.5 Å². The van der Waals surface area contributed by atoms with Gasteiger partial charge in [-0.2, -0.15) is 0 Å². The van der Waals surface area contributed by atoms with Gasteiger partial charge in [0.25, 0.3) is 0 Å². The standard InChI is InChI=1S/C14H21BFNO2S/c1-9-11(16)7-10(8-12(9)20-17-6)15-18-13(2,3)14(4,5)19-15/h7-8,17H,1-6H3. The third-order valence-corrected chi connectivity index (χ3v) is 4.90. The summed E-state index contributed by atoms with van der Waals surface area (Å²) >= 11 is 1.39. The summed E-state index contributed by atoms with van der Waals surface area (Å²) in [5, 5.41) is 0. The first-order valence-corrected chi connectivity index (χ1v) is 7.49. The first kappa shape index (κ1) is 15.8. The van der Waals surface area contributed by atoms with E-state index in [-0.39, 0.29) is 5.82 Å². The maximum Gasteiger partial charge on any atom is 0.494 e. The highest BCUT2D eigenvalue weighted by Crippen LogP contribution is 2.36. The predicted octanol–water partition coefficient (Wildman–Crippen LogP) is 2.66. The van der Waals surface area contributed by atoms with E-state index in [0.29, 0.717) is 11.0 Å². The molecule has 1 aliphatic rings. The van der Waals surface area contributed by atoms with Gasteiger partial charge in [0.15, 0.2) is 0 Å². The van der Waals surface area contributed by atoms with E-state index < -0.39 is 18.3 Å². The number of benzene rings is 1. The third kappa shape index (κ3) is 2.75. The van der Waals surface area contributed by atoms with Gasteiger partial charge in [-0.25, -0.2) is 4.39 Å². The molecule has 0 aromatic heterocycles. The second-order valence-corrected chi connectivity index (χ2v) is 7.07. The number of halogens is 1. The Morgan fingerprint density at radius 3 is 2.20 bits per heavy atom. The maximum absolute atomic E-state index is 14.0. The van der Waals surface area contributed by atoms with Crippen LogP contribution in [0.3, 0.4) is 0 Å². The number of nitrogens with one attached hydrogen (secondary N) is 1. The quantitative estimate of drug-likeness (QED) is 0.686. The Balaban J connectivity index is 2.35. The van der Waals surface area contributed by atoms with Gasteiger partial charge in [-0.15, -0.1) is 0 Å². The van der Waals surface area contributed by atoms with E-state index in [9.17, 15) is 4.39 Å². The molecule has 1 aromatic carbocycles. The molecule has 1 fully saturated rings. The molecule has 6 heteroatoms. The Morgan fingerprint density at radius 1 is 1.15 bits per heavy atom. The summed E-state index contributed by atoms with van der Waals surface area (Å²) in [5.41, 5.74) is 0.499. The van der Waals surface area contributed by atoms with Crippen LogP contribution < -0.4 is 10.2 Å². The van der Waals surface area contributed by atoms with Crippen LogP contribution in [0.25, 0.3) is 0 Å². The fraction of sp³-hybridized carbons (Fsp3) is 0.571. The van der Waals surface area contributed by atoms with E-state index in [4.69, 9.17) is 9.31 Å². The molecule has 110 valence electrons. The van der Waals surface area contributed by atoms with Crippen molar-refractivity contribution in [2.45, 2.75) is 50.7 Å². The zero-order chi connectivity index (χ0) is 15.1. The summed E-state index contributed by atoms with van der Waals surface area (Å²) in [6.45, 7) is 9.71. The molecular weight excluding hydrogens is 276 g/mol. The molecule has 3 nitrogen and oxygen atoms in total. The molecule has 0 unspecified atom stereocenters. The van der Waals surface area contributed by atoms with Crippen LogP contribution >= 0.6 is 11.9 Å². The van der Waals surface area contributed by atoms with Crippen LogP contribution in [0.15, 0.2) is 17.0 Å². The minimum Gasteiger partial charge on any atom is -0.399 e. The van der Waals surface area contributed by atoms with E-state index in [1.54, 1.807) is 6.92 Å². The van der Waals surface area contributed by atoms with Gasteiger partial charge in [0.05, 0.1) is 11.2 Å². The van der Waals surface area contributed by atoms with Crippen molar-refractivity contribution in [3.63, 3.8) is 0 Å². The Bertz CT molecular complexity index is 506. The molecule has 1 heterocycles. The van der Waals surface area contributed by atoms with Crippen molar-refractivity contribution in [3.8, 4) is 0 Å². The van der Waals surface area contributed by atoms with Gasteiger partial charge in [0.2, 0.25) is 0 Å². The zero-order valence-electron chi connectivity index (χ0n) is 12.8. The van der Waals surface area contributed by atoms with Gasteiger partial charge in [-0.3, -0.25) is 4.72 Å². The number of hydrogen-bond acceptors (Lipinski definition) is 4. The van der Waals surface area contributed by atoms with E-state index in [2.05, 4.69) is 4.72 Å². The lowest BCUT2D eigenvalue weighted by molar-refractivity contribution is 0.00578. The van der Waals surface area contributed by atoms with E-state index in [1.165, 1.54) is 18.0 Å². The Kier molecular flexibility index (Phi) is 4.22. The van der Waals surface area contributed by atoms with E-state index in [0.717, 1.165) is 4.90 Å². The minimum absolute atomic E-state index is 0.241. The SMILES string of the molecule is CNSc1cc(B2OC(C)(C)C(C)(C)O2)cc(F)c1C. The molecule has 0 amide bonds. The van der Waals surface area contributed by atoms with Crippen LogP contribution in [-0.2, 0) is 9.31 Å². The Hall–Kier alpha value is -0.555. The van der Waals surface area contributed by atoms with Crippen LogP contribution in [-0.4, -0.2) is 25.4 Å².